The van der Waals surface area contributed by atoms with Gasteiger partial charge >= 0.3 is 5.97 Å². The summed E-state index contributed by atoms with van der Waals surface area (Å²) in [5.74, 6) is 0.321. The van der Waals surface area contributed by atoms with Crippen LogP contribution in [0.25, 0.3) is 0 Å². The molecule has 0 aliphatic carbocycles. The van der Waals surface area contributed by atoms with E-state index in [-0.39, 0.29) is 12.7 Å². The monoisotopic (exact) mass is 357 g/mol. The second-order valence-electron chi connectivity index (χ2n) is 6.39. The first-order chi connectivity index (χ1) is 12.5. The van der Waals surface area contributed by atoms with Crippen LogP contribution in [0.1, 0.15) is 28.9 Å². The summed E-state index contributed by atoms with van der Waals surface area (Å²) in [5.41, 5.74) is 2.82. The van der Waals surface area contributed by atoms with Gasteiger partial charge in [-0.2, -0.15) is 0 Å². The second kappa shape index (κ2) is 8.25. The van der Waals surface area contributed by atoms with Crippen molar-refractivity contribution in [3.63, 3.8) is 0 Å². The molecule has 0 radical (unpaired) electrons. The van der Waals surface area contributed by atoms with Crippen molar-refractivity contribution in [3.8, 4) is 5.75 Å². The highest BCUT2D eigenvalue weighted by Crippen LogP contribution is 2.24. The number of hydrogen-bond donors (Lipinski definition) is 1. The normalized spacial score (nSPS) is 17.8. The summed E-state index contributed by atoms with van der Waals surface area (Å²) in [6.07, 6.45) is -0.172. The van der Waals surface area contributed by atoms with Crippen LogP contribution < -0.4 is 4.74 Å². The van der Waals surface area contributed by atoms with Crippen LogP contribution in [0.4, 0.5) is 0 Å². The zero-order valence-corrected chi connectivity index (χ0v) is 15.0. The molecule has 26 heavy (non-hydrogen) atoms. The first-order valence-electron chi connectivity index (χ1n) is 8.60. The lowest BCUT2D eigenvalue weighted by atomic mass is 10.1. The number of para-hydroxylation sites is 1. The Morgan fingerprint density at radius 2 is 2.04 bits per heavy atom. The molecule has 138 valence electrons. The first-order valence-corrected chi connectivity index (χ1v) is 8.60. The molecule has 7 nitrogen and oxygen atoms in total. The van der Waals surface area contributed by atoms with Gasteiger partial charge in [-0.15, -0.1) is 0 Å². The molecule has 0 spiro atoms. The lowest BCUT2D eigenvalue weighted by molar-refractivity contribution is -0.139. The summed E-state index contributed by atoms with van der Waals surface area (Å²) in [4.78, 5) is 22.0. The number of ether oxygens (including phenoxy) is 2. The van der Waals surface area contributed by atoms with E-state index < -0.39 is 5.97 Å². The lowest BCUT2D eigenvalue weighted by Crippen LogP contribution is -2.38. The van der Waals surface area contributed by atoms with Crippen molar-refractivity contribution in [2.24, 2.45) is 0 Å². The molecule has 0 saturated carbocycles. The topological polar surface area (TPSA) is 84.8 Å². The van der Waals surface area contributed by atoms with Gasteiger partial charge in [0.25, 0.3) is 0 Å². The number of aliphatic carboxylic acids is 1. The Kier molecular flexibility index (Phi) is 5.80. The highest BCUT2D eigenvalue weighted by Gasteiger charge is 2.25. The SMILES string of the molecule is Cc1cc(C)nc(C2CN(Cc3ccccc3OCC(=O)O)CCO2)n1. The van der Waals surface area contributed by atoms with Crippen molar-refractivity contribution in [1.29, 1.82) is 0 Å². The van der Waals surface area contributed by atoms with Crippen molar-refractivity contribution in [3.05, 3.63) is 53.1 Å². The zero-order chi connectivity index (χ0) is 18.5. The van der Waals surface area contributed by atoms with Crippen LogP contribution >= 0.6 is 0 Å². The Morgan fingerprint density at radius 1 is 1.31 bits per heavy atom. The fourth-order valence-corrected chi connectivity index (χ4v) is 3.06. The van der Waals surface area contributed by atoms with Crippen molar-refractivity contribution >= 4 is 5.97 Å². The Hall–Kier alpha value is -2.51. The molecule has 1 N–H and O–H groups in total. The summed E-state index contributed by atoms with van der Waals surface area (Å²) in [5, 5.41) is 8.83. The van der Waals surface area contributed by atoms with Crippen molar-refractivity contribution in [2.75, 3.05) is 26.3 Å². The highest BCUT2D eigenvalue weighted by atomic mass is 16.5. The number of morpholine rings is 1. The third-order valence-electron chi connectivity index (χ3n) is 4.16. The minimum absolute atomic E-state index is 0.172. The third-order valence-corrected chi connectivity index (χ3v) is 4.16. The largest absolute Gasteiger partial charge is 0.482 e. The average molecular weight is 357 g/mol. The maximum absolute atomic E-state index is 10.8. The summed E-state index contributed by atoms with van der Waals surface area (Å²) in [6, 6.07) is 9.46. The van der Waals surface area contributed by atoms with Crippen molar-refractivity contribution < 1.29 is 19.4 Å². The summed E-state index contributed by atoms with van der Waals surface area (Å²) in [7, 11) is 0. The predicted molar refractivity (Wildman–Crippen MR) is 95.0 cm³/mol. The van der Waals surface area contributed by atoms with Gasteiger partial charge in [-0.25, -0.2) is 14.8 Å². The third kappa shape index (κ3) is 4.77. The maximum atomic E-state index is 10.8. The van der Waals surface area contributed by atoms with Gasteiger partial charge in [0.05, 0.1) is 6.61 Å². The van der Waals surface area contributed by atoms with Crippen LogP contribution in [-0.2, 0) is 16.1 Å². The number of rotatable bonds is 6. The van der Waals surface area contributed by atoms with Crippen LogP contribution in [0.3, 0.4) is 0 Å². The molecule has 1 aromatic carbocycles. The molecule has 2 aromatic rings. The molecule has 1 atom stereocenters. The van der Waals surface area contributed by atoms with Gasteiger partial charge in [0.15, 0.2) is 12.4 Å². The van der Waals surface area contributed by atoms with Gasteiger partial charge in [-0.1, -0.05) is 18.2 Å². The molecule has 1 aliphatic heterocycles. The molecular weight excluding hydrogens is 334 g/mol. The van der Waals surface area contributed by atoms with Gasteiger partial charge < -0.3 is 14.6 Å². The smallest absolute Gasteiger partial charge is 0.341 e. The van der Waals surface area contributed by atoms with E-state index in [9.17, 15) is 4.79 Å². The highest BCUT2D eigenvalue weighted by molar-refractivity contribution is 5.68. The number of aromatic nitrogens is 2. The summed E-state index contributed by atoms with van der Waals surface area (Å²) >= 11 is 0. The fraction of sp³-hybridized carbons (Fsp3) is 0.421. The number of carboxylic acid groups (broad SMARTS) is 1. The Morgan fingerprint density at radius 3 is 2.77 bits per heavy atom. The van der Waals surface area contributed by atoms with Crippen LogP contribution in [-0.4, -0.2) is 52.2 Å². The van der Waals surface area contributed by atoms with Crippen LogP contribution in [0.15, 0.2) is 30.3 Å². The molecular formula is C19H23N3O4. The number of nitrogens with zero attached hydrogens (tertiary/aromatic N) is 3. The van der Waals surface area contributed by atoms with Crippen molar-refractivity contribution in [1.82, 2.24) is 14.9 Å². The molecule has 1 unspecified atom stereocenters. The lowest BCUT2D eigenvalue weighted by Gasteiger charge is -2.32. The standard InChI is InChI=1S/C19H23N3O4/c1-13-9-14(2)21-19(20-13)17-11-22(7-8-25-17)10-15-5-3-4-6-16(15)26-12-18(23)24/h3-6,9,17H,7-8,10-12H2,1-2H3,(H,23,24). The maximum Gasteiger partial charge on any atom is 0.341 e. The zero-order valence-electron chi connectivity index (χ0n) is 15.0. The van der Waals surface area contributed by atoms with Crippen molar-refractivity contribution in [2.45, 2.75) is 26.5 Å². The van der Waals surface area contributed by atoms with Gasteiger partial charge in [-0.05, 0) is 26.0 Å². The molecule has 0 amide bonds. The first kappa shape index (κ1) is 18.3. The number of benzene rings is 1. The molecule has 7 heteroatoms. The van der Waals surface area contributed by atoms with Gasteiger partial charge in [0.2, 0.25) is 0 Å². The molecule has 1 fully saturated rings. The van der Waals surface area contributed by atoms with E-state index in [2.05, 4.69) is 14.9 Å². The van der Waals surface area contributed by atoms with E-state index in [1.807, 2.05) is 38.1 Å². The van der Waals surface area contributed by atoms with Gasteiger partial charge in [-0.3, -0.25) is 4.90 Å². The molecule has 1 saturated heterocycles. The van der Waals surface area contributed by atoms with E-state index >= 15 is 0 Å². The van der Waals surface area contributed by atoms with Gasteiger partial charge in [0.1, 0.15) is 11.9 Å². The number of aryl methyl sites for hydroxylation is 2. The van der Waals surface area contributed by atoms with E-state index in [0.717, 1.165) is 23.5 Å². The quantitative estimate of drug-likeness (QED) is 0.848. The van der Waals surface area contributed by atoms with Gasteiger partial charge in [0, 0.05) is 36.6 Å². The van der Waals surface area contributed by atoms with Crippen LogP contribution in [0.2, 0.25) is 0 Å². The average Bonchev–Trinajstić information content (AvgIpc) is 2.60. The molecule has 1 aromatic heterocycles. The van der Waals surface area contributed by atoms with E-state index in [0.29, 0.717) is 31.3 Å². The van der Waals surface area contributed by atoms with Crippen LogP contribution in [0, 0.1) is 13.8 Å². The predicted octanol–water partition coefficient (Wildman–Crippen LogP) is 2.13. The van der Waals surface area contributed by atoms with E-state index in [4.69, 9.17) is 14.6 Å². The molecule has 2 heterocycles. The second-order valence-corrected chi connectivity index (χ2v) is 6.39. The van der Waals surface area contributed by atoms with Crippen LogP contribution in [0.5, 0.6) is 5.75 Å². The molecule has 1 aliphatic rings. The number of carboxylic acids is 1. The summed E-state index contributed by atoms with van der Waals surface area (Å²) < 4.78 is 11.3. The Labute approximate surface area is 152 Å². The Bertz CT molecular complexity index is 761. The fourth-order valence-electron chi connectivity index (χ4n) is 3.06. The minimum Gasteiger partial charge on any atom is -0.482 e. The molecule has 0 bridgehead atoms. The Balaban J connectivity index is 1.70. The minimum atomic E-state index is -0.988. The number of carbonyl (C=O) groups is 1. The number of hydrogen-bond acceptors (Lipinski definition) is 6. The van der Waals surface area contributed by atoms with E-state index in [1.165, 1.54) is 0 Å². The summed E-state index contributed by atoms with van der Waals surface area (Å²) in [6.45, 7) is 6.27. The molecule has 3 rings (SSSR count). The van der Waals surface area contributed by atoms with E-state index in [1.54, 1.807) is 6.07 Å².